The number of rotatable bonds is 2. The predicted octanol–water partition coefficient (Wildman–Crippen LogP) is 0.600. The molecule has 1 aliphatic heterocycles. The van der Waals surface area contributed by atoms with Crippen molar-refractivity contribution in [1.29, 1.82) is 0 Å². The van der Waals surface area contributed by atoms with Gasteiger partial charge in [0.25, 0.3) is 0 Å². The van der Waals surface area contributed by atoms with E-state index in [1.807, 2.05) is 6.92 Å². The summed E-state index contributed by atoms with van der Waals surface area (Å²) in [6.07, 6.45) is 0.844. The predicted molar refractivity (Wildman–Crippen MR) is 43.8 cm³/mol. The van der Waals surface area contributed by atoms with Crippen LogP contribution in [-0.4, -0.2) is 41.9 Å². The van der Waals surface area contributed by atoms with Gasteiger partial charge >= 0.3 is 6.09 Å². The fourth-order valence-corrected chi connectivity index (χ4v) is 1.19. The van der Waals surface area contributed by atoms with Gasteiger partial charge in [-0.05, 0) is 12.8 Å². The van der Waals surface area contributed by atoms with E-state index < -0.39 is 0 Å². The zero-order chi connectivity index (χ0) is 8.97. The van der Waals surface area contributed by atoms with Gasteiger partial charge in [-0.3, -0.25) is 0 Å². The third-order valence-corrected chi connectivity index (χ3v) is 1.85. The maximum absolute atomic E-state index is 11.1. The van der Waals surface area contributed by atoms with Crippen LogP contribution in [0.5, 0.6) is 0 Å². The molecule has 0 aromatic heterocycles. The summed E-state index contributed by atoms with van der Waals surface area (Å²) in [4.78, 5) is 12.7. The number of likely N-dealkylation sites (tertiary alicyclic amines) is 1. The quantitative estimate of drug-likeness (QED) is 0.665. The first-order chi connectivity index (χ1) is 5.74. The molecule has 70 valence electrons. The lowest BCUT2D eigenvalue weighted by molar-refractivity contribution is 0.103. The van der Waals surface area contributed by atoms with E-state index in [4.69, 9.17) is 9.84 Å². The molecule has 1 aliphatic rings. The maximum atomic E-state index is 11.1. The molecule has 1 amide bonds. The highest BCUT2D eigenvalue weighted by Gasteiger charge is 2.25. The second kappa shape index (κ2) is 4.30. The van der Waals surface area contributed by atoms with Crippen LogP contribution in [0, 0.1) is 0 Å². The molecular formula is C8H15NO3. The van der Waals surface area contributed by atoms with Crippen LogP contribution >= 0.6 is 0 Å². The van der Waals surface area contributed by atoms with Gasteiger partial charge in [0.2, 0.25) is 0 Å². The minimum Gasteiger partial charge on any atom is -0.449 e. The number of aliphatic hydroxyl groups excluding tert-OH is 1. The molecule has 0 spiro atoms. The van der Waals surface area contributed by atoms with Crippen LogP contribution in [-0.2, 0) is 4.74 Å². The molecule has 0 unspecified atom stereocenters. The summed E-state index contributed by atoms with van der Waals surface area (Å²) in [5.41, 5.74) is 0. The molecule has 1 atom stereocenters. The van der Waals surface area contributed by atoms with Crippen molar-refractivity contribution in [3.8, 4) is 0 Å². The number of carbonyl (C=O) groups is 1. The van der Waals surface area contributed by atoms with Crippen LogP contribution in [0.3, 0.4) is 0 Å². The first kappa shape index (κ1) is 9.32. The first-order valence-corrected chi connectivity index (χ1v) is 4.33. The van der Waals surface area contributed by atoms with Crippen molar-refractivity contribution in [2.24, 2.45) is 0 Å². The number of amides is 1. The Labute approximate surface area is 72.1 Å². The average molecular weight is 173 g/mol. The lowest BCUT2D eigenvalue weighted by Crippen LogP contribution is -2.30. The Morgan fingerprint density at radius 2 is 2.50 bits per heavy atom. The molecule has 0 saturated carbocycles. The van der Waals surface area contributed by atoms with E-state index >= 15 is 0 Å². The SMILES string of the molecule is CCCOC(=O)N1CC[C@@H](O)C1. The molecule has 1 rings (SSSR count). The number of hydrogen-bond donors (Lipinski definition) is 1. The smallest absolute Gasteiger partial charge is 0.409 e. The zero-order valence-electron chi connectivity index (χ0n) is 7.32. The van der Waals surface area contributed by atoms with Gasteiger partial charge < -0.3 is 14.7 Å². The molecule has 1 heterocycles. The number of aliphatic hydroxyl groups is 1. The highest BCUT2D eigenvalue weighted by Crippen LogP contribution is 2.09. The fraction of sp³-hybridized carbons (Fsp3) is 0.875. The molecule has 0 aliphatic carbocycles. The molecule has 12 heavy (non-hydrogen) atoms. The summed E-state index contributed by atoms with van der Waals surface area (Å²) >= 11 is 0. The van der Waals surface area contributed by atoms with Crippen molar-refractivity contribution in [2.45, 2.75) is 25.9 Å². The minimum absolute atomic E-state index is 0.298. The molecule has 1 N–H and O–H groups in total. The van der Waals surface area contributed by atoms with Crippen LogP contribution in [0.1, 0.15) is 19.8 Å². The van der Waals surface area contributed by atoms with E-state index in [-0.39, 0.29) is 12.2 Å². The Kier molecular flexibility index (Phi) is 3.34. The highest BCUT2D eigenvalue weighted by atomic mass is 16.6. The van der Waals surface area contributed by atoms with Gasteiger partial charge in [-0.25, -0.2) is 4.79 Å². The van der Waals surface area contributed by atoms with Crippen LogP contribution in [0.15, 0.2) is 0 Å². The second-order valence-electron chi connectivity index (χ2n) is 3.00. The van der Waals surface area contributed by atoms with Gasteiger partial charge in [-0.15, -0.1) is 0 Å². The van der Waals surface area contributed by atoms with Crippen LogP contribution in [0.4, 0.5) is 4.79 Å². The standard InChI is InChI=1S/C8H15NO3/c1-2-5-12-8(11)9-4-3-7(10)6-9/h7,10H,2-6H2,1H3/t7-/m1/s1. The summed E-state index contributed by atoms with van der Waals surface area (Å²) < 4.78 is 4.90. The average Bonchev–Trinajstić information content (AvgIpc) is 2.47. The van der Waals surface area contributed by atoms with Crippen LogP contribution < -0.4 is 0 Å². The van der Waals surface area contributed by atoms with E-state index in [9.17, 15) is 4.79 Å². The molecule has 4 nitrogen and oxygen atoms in total. The molecular weight excluding hydrogens is 158 g/mol. The van der Waals surface area contributed by atoms with Gasteiger partial charge in [0.1, 0.15) is 0 Å². The largest absolute Gasteiger partial charge is 0.449 e. The molecule has 1 saturated heterocycles. The van der Waals surface area contributed by atoms with Crippen molar-refractivity contribution in [3.05, 3.63) is 0 Å². The number of β-amino-alcohol motifs (C(OH)–C–C–N with tert-alkyl or cyclic N) is 1. The third kappa shape index (κ3) is 2.37. The second-order valence-corrected chi connectivity index (χ2v) is 3.00. The Balaban J connectivity index is 2.23. The highest BCUT2D eigenvalue weighted by molar-refractivity contribution is 5.67. The van der Waals surface area contributed by atoms with E-state index in [1.165, 1.54) is 0 Å². The molecule has 4 heteroatoms. The molecule has 1 fully saturated rings. The summed E-state index contributed by atoms with van der Waals surface area (Å²) in [7, 11) is 0. The lowest BCUT2D eigenvalue weighted by atomic mass is 10.3. The number of nitrogens with zero attached hydrogens (tertiary/aromatic N) is 1. The molecule has 0 aromatic rings. The van der Waals surface area contributed by atoms with E-state index in [2.05, 4.69) is 0 Å². The summed E-state index contributed by atoms with van der Waals surface area (Å²) in [5, 5.41) is 9.12. The van der Waals surface area contributed by atoms with Crippen molar-refractivity contribution in [1.82, 2.24) is 4.90 Å². The van der Waals surface area contributed by atoms with Crippen molar-refractivity contribution in [3.63, 3.8) is 0 Å². The van der Waals surface area contributed by atoms with Crippen molar-refractivity contribution < 1.29 is 14.6 Å². The third-order valence-electron chi connectivity index (χ3n) is 1.85. The first-order valence-electron chi connectivity index (χ1n) is 4.33. The minimum atomic E-state index is -0.362. The zero-order valence-corrected chi connectivity index (χ0v) is 7.32. The summed E-state index contributed by atoms with van der Waals surface area (Å²) in [6.45, 7) is 3.45. The maximum Gasteiger partial charge on any atom is 0.409 e. The summed E-state index contributed by atoms with van der Waals surface area (Å²) in [6, 6.07) is 0. The Hall–Kier alpha value is -0.770. The Bertz CT molecular complexity index is 160. The van der Waals surface area contributed by atoms with Crippen molar-refractivity contribution in [2.75, 3.05) is 19.7 Å². The summed E-state index contributed by atoms with van der Waals surface area (Å²) in [5.74, 6) is 0. The van der Waals surface area contributed by atoms with Gasteiger partial charge in [0.15, 0.2) is 0 Å². The van der Waals surface area contributed by atoms with Gasteiger partial charge in [0.05, 0.1) is 12.7 Å². The molecule has 0 bridgehead atoms. The van der Waals surface area contributed by atoms with Crippen molar-refractivity contribution >= 4 is 6.09 Å². The molecule has 0 radical (unpaired) electrons. The van der Waals surface area contributed by atoms with Gasteiger partial charge in [-0.2, -0.15) is 0 Å². The van der Waals surface area contributed by atoms with Crippen LogP contribution in [0.25, 0.3) is 0 Å². The Morgan fingerprint density at radius 3 is 3.00 bits per heavy atom. The van der Waals surface area contributed by atoms with E-state index in [0.717, 1.165) is 6.42 Å². The van der Waals surface area contributed by atoms with Gasteiger partial charge in [0, 0.05) is 13.1 Å². The molecule has 0 aromatic carbocycles. The number of carbonyl (C=O) groups excluding carboxylic acids is 1. The number of hydrogen-bond acceptors (Lipinski definition) is 3. The van der Waals surface area contributed by atoms with E-state index in [1.54, 1.807) is 4.90 Å². The monoisotopic (exact) mass is 173 g/mol. The van der Waals surface area contributed by atoms with E-state index in [0.29, 0.717) is 26.1 Å². The lowest BCUT2D eigenvalue weighted by Gasteiger charge is -2.14. The number of ether oxygens (including phenoxy) is 1. The topological polar surface area (TPSA) is 49.8 Å². The normalized spacial score (nSPS) is 22.8. The van der Waals surface area contributed by atoms with Gasteiger partial charge in [-0.1, -0.05) is 6.92 Å². The van der Waals surface area contributed by atoms with Crippen LogP contribution in [0.2, 0.25) is 0 Å². The fourth-order valence-electron chi connectivity index (χ4n) is 1.19. The Morgan fingerprint density at radius 1 is 1.75 bits per heavy atom.